The van der Waals surface area contributed by atoms with Gasteiger partial charge in [-0.3, -0.25) is 4.79 Å². The van der Waals surface area contributed by atoms with Crippen molar-refractivity contribution in [3.63, 3.8) is 0 Å². The van der Waals surface area contributed by atoms with Crippen LogP contribution in [0.1, 0.15) is 16.4 Å². The highest BCUT2D eigenvalue weighted by Crippen LogP contribution is 2.26. The molecule has 1 N–H and O–H groups in total. The fourth-order valence-electron chi connectivity index (χ4n) is 2.61. The van der Waals surface area contributed by atoms with Crippen LogP contribution in [0.25, 0.3) is 0 Å². The molecule has 0 radical (unpaired) electrons. The number of ether oxygens (including phenoxy) is 2. The SMILES string of the molecule is O=C(O)C(Cc1ccc(OCCOc2ccc(F)cc2)cc1)c1cccs1. The van der Waals surface area contributed by atoms with E-state index in [0.717, 1.165) is 10.4 Å². The molecule has 4 nitrogen and oxygen atoms in total. The van der Waals surface area contributed by atoms with Gasteiger partial charge in [-0.1, -0.05) is 18.2 Å². The topological polar surface area (TPSA) is 55.8 Å². The molecule has 27 heavy (non-hydrogen) atoms. The Morgan fingerprint density at radius 2 is 1.56 bits per heavy atom. The lowest BCUT2D eigenvalue weighted by molar-refractivity contribution is -0.138. The van der Waals surface area contributed by atoms with Gasteiger partial charge in [-0.05, 0) is 59.8 Å². The Balaban J connectivity index is 1.48. The minimum Gasteiger partial charge on any atom is -0.490 e. The number of rotatable bonds is 9. The van der Waals surface area contributed by atoms with Gasteiger partial charge in [0.2, 0.25) is 0 Å². The predicted octanol–water partition coefficient (Wildman–Crippen LogP) is 4.76. The molecule has 3 aromatic rings. The largest absolute Gasteiger partial charge is 0.490 e. The van der Waals surface area contributed by atoms with Crippen molar-refractivity contribution in [2.75, 3.05) is 13.2 Å². The summed E-state index contributed by atoms with van der Waals surface area (Å²) in [5.74, 6) is -0.396. The molecule has 0 aliphatic rings. The monoisotopic (exact) mass is 386 g/mol. The van der Waals surface area contributed by atoms with Crippen molar-refractivity contribution >= 4 is 17.3 Å². The molecule has 6 heteroatoms. The first kappa shape index (κ1) is 18.9. The van der Waals surface area contributed by atoms with E-state index in [1.165, 1.54) is 23.5 Å². The molecule has 1 unspecified atom stereocenters. The van der Waals surface area contributed by atoms with Gasteiger partial charge in [0.15, 0.2) is 0 Å². The van der Waals surface area contributed by atoms with Crippen molar-refractivity contribution in [3.05, 3.63) is 82.3 Å². The third-order valence-corrected chi connectivity index (χ3v) is 4.97. The fourth-order valence-corrected chi connectivity index (χ4v) is 3.43. The number of hydrogen-bond acceptors (Lipinski definition) is 4. The Hall–Kier alpha value is -2.86. The maximum atomic E-state index is 12.8. The van der Waals surface area contributed by atoms with Crippen molar-refractivity contribution in [2.24, 2.45) is 0 Å². The molecule has 0 amide bonds. The van der Waals surface area contributed by atoms with Gasteiger partial charge in [-0.25, -0.2) is 4.39 Å². The molecule has 2 aromatic carbocycles. The molecular weight excluding hydrogens is 367 g/mol. The van der Waals surface area contributed by atoms with Crippen LogP contribution in [0.15, 0.2) is 66.0 Å². The smallest absolute Gasteiger partial charge is 0.312 e. The van der Waals surface area contributed by atoms with E-state index in [4.69, 9.17) is 9.47 Å². The van der Waals surface area contributed by atoms with Gasteiger partial charge in [-0.2, -0.15) is 0 Å². The molecule has 0 aliphatic carbocycles. The summed E-state index contributed by atoms with van der Waals surface area (Å²) in [7, 11) is 0. The van der Waals surface area contributed by atoms with Crippen molar-refractivity contribution in [2.45, 2.75) is 12.3 Å². The van der Waals surface area contributed by atoms with Gasteiger partial charge in [-0.15, -0.1) is 11.3 Å². The van der Waals surface area contributed by atoms with Crippen LogP contribution >= 0.6 is 11.3 Å². The van der Waals surface area contributed by atoms with Crippen LogP contribution in [-0.2, 0) is 11.2 Å². The molecule has 3 rings (SSSR count). The Bertz CT molecular complexity index is 845. The lowest BCUT2D eigenvalue weighted by Crippen LogP contribution is -2.13. The molecule has 0 bridgehead atoms. The fraction of sp³-hybridized carbons (Fsp3) is 0.190. The molecule has 1 atom stereocenters. The summed E-state index contributed by atoms with van der Waals surface area (Å²) in [6.07, 6.45) is 0.434. The summed E-state index contributed by atoms with van der Waals surface area (Å²) in [5.41, 5.74) is 0.936. The zero-order chi connectivity index (χ0) is 19.1. The van der Waals surface area contributed by atoms with E-state index >= 15 is 0 Å². The minimum absolute atomic E-state index is 0.303. The molecule has 0 saturated heterocycles. The minimum atomic E-state index is -0.823. The highest BCUT2D eigenvalue weighted by atomic mass is 32.1. The van der Waals surface area contributed by atoms with Crippen molar-refractivity contribution in [1.82, 2.24) is 0 Å². The first-order valence-corrected chi connectivity index (χ1v) is 9.36. The predicted molar refractivity (Wildman–Crippen MR) is 102 cm³/mol. The van der Waals surface area contributed by atoms with Crippen LogP contribution < -0.4 is 9.47 Å². The highest BCUT2D eigenvalue weighted by molar-refractivity contribution is 7.10. The van der Waals surface area contributed by atoms with Gasteiger partial charge < -0.3 is 14.6 Å². The maximum Gasteiger partial charge on any atom is 0.312 e. The van der Waals surface area contributed by atoms with Gasteiger partial charge in [0.05, 0.1) is 5.92 Å². The third kappa shape index (κ3) is 5.56. The first-order chi connectivity index (χ1) is 13.1. The number of aliphatic carboxylic acids is 1. The molecule has 0 aliphatic heterocycles. The van der Waals surface area contributed by atoms with E-state index in [1.807, 2.05) is 41.8 Å². The highest BCUT2D eigenvalue weighted by Gasteiger charge is 2.21. The molecular formula is C21H19FO4S. The summed E-state index contributed by atoms with van der Waals surface area (Å²) in [5, 5.41) is 11.3. The Labute approximate surface area is 160 Å². The number of halogens is 1. The van der Waals surface area contributed by atoms with Crippen molar-refractivity contribution < 1.29 is 23.8 Å². The first-order valence-electron chi connectivity index (χ1n) is 8.48. The Kier molecular flexibility index (Phi) is 6.44. The molecule has 1 aromatic heterocycles. The summed E-state index contributed by atoms with van der Waals surface area (Å²) in [4.78, 5) is 12.4. The number of hydrogen-bond donors (Lipinski definition) is 1. The van der Waals surface area contributed by atoms with Crippen LogP contribution in [0, 0.1) is 5.82 Å². The van der Waals surface area contributed by atoms with Crippen molar-refractivity contribution in [1.29, 1.82) is 0 Å². The zero-order valence-electron chi connectivity index (χ0n) is 14.5. The zero-order valence-corrected chi connectivity index (χ0v) is 15.3. The van der Waals surface area contributed by atoms with E-state index in [9.17, 15) is 14.3 Å². The second-order valence-electron chi connectivity index (χ2n) is 5.91. The average molecular weight is 386 g/mol. The van der Waals surface area contributed by atoms with Crippen molar-refractivity contribution in [3.8, 4) is 11.5 Å². The lowest BCUT2D eigenvalue weighted by atomic mass is 9.98. The number of benzene rings is 2. The lowest BCUT2D eigenvalue weighted by Gasteiger charge is -2.12. The molecule has 0 spiro atoms. The van der Waals surface area contributed by atoms with Crippen LogP contribution in [0.5, 0.6) is 11.5 Å². The van der Waals surface area contributed by atoms with Gasteiger partial charge >= 0.3 is 5.97 Å². The second-order valence-corrected chi connectivity index (χ2v) is 6.88. The number of carboxylic acids is 1. The van der Waals surface area contributed by atoms with Gasteiger partial charge in [0, 0.05) is 4.88 Å². The maximum absolute atomic E-state index is 12.8. The normalized spacial score (nSPS) is 11.7. The standard InChI is InChI=1S/C21H19FO4S/c22-16-5-9-18(10-6-16)26-12-11-25-17-7-3-15(4-8-17)14-19(21(23)24)20-2-1-13-27-20/h1-10,13,19H,11-12,14H2,(H,23,24). The van der Waals surface area contributed by atoms with E-state index < -0.39 is 11.9 Å². The van der Waals surface area contributed by atoms with Crippen LogP contribution in [0.3, 0.4) is 0 Å². The molecule has 140 valence electrons. The summed E-state index contributed by atoms with van der Waals surface area (Å²) in [6.45, 7) is 0.691. The van der Waals surface area contributed by atoms with E-state index in [2.05, 4.69) is 0 Å². The van der Waals surface area contributed by atoms with E-state index in [1.54, 1.807) is 12.1 Å². The number of carbonyl (C=O) groups is 1. The third-order valence-electron chi connectivity index (χ3n) is 3.98. The van der Waals surface area contributed by atoms with Crippen LogP contribution in [-0.4, -0.2) is 24.3 Å². The Morgan fingerprint density at radius 3 is 2.07 bits per heavy atom. The Morgan fingerprint density at radius 1 is 0.963 bits per heavy atom. The van der Waals surface area contributed by atoms with Crippen LogP contribution in [0.4, 0.5) is 4.39 Å². The quantitative estimate of drug-likeness (QED) is 0.539. The summed E-state index contributed by atoms with van der Waals surface area (Å²) < 4.78 is 23.9. The van der Waals surface area contributed by atoms with Crippen LogP contribution in [0.2, 0.25) is 0 Å². The molecule has 0 saturated carbocycles. The molecule has 0 fully saturated rings. The second kappa shape index (κ2) is 9.19. The molecule has 1 heterocycles. The number of carboxylic acid groups (broad SMARTS) is 1. The van der Waals surface area contributed by atoms with E-state index in [-0.39, 0.29) is 5.82 Å². The van der Waals surface area contributed by atoms with Gasteiger partial charge in [0.25, 0.3) is 0 Å². The summed E-state index contributed by atoms with van der Waals surface area (Å²) >= 11 is 1.45. The average Bonchev–Trinajstić information content (AvgIpc) is 3.20. The summed E-state index contributed by atoms with van der Waals surface area (Å²) in [6, 6.07) is 16.9. The van der Waals surface area contributed by atoms with Gasteiger partial charge in [0.1, 0.15) is 30.5 Å². The number of thiophene rings is 1. The van der Waals surface area contributed by atoms with E-state index in [0.29, 0.717) is 31.1 Å².